The quantitative estimate of drug-likeness (QED) is 0.774. The zero-order chi connectivity index (χ0) is 16.2. The third-order valence-electron chi connectivity index (χ3n) is 3.22. The topological polar surface area (TPSA) is 76.7 Å². The van der Waals surface area contributed by atoms with Crippen molar-refractivity contribution < 1.29 is 13.3 Å². The van der Waals surface area contributed by atoms with Crippen LogP contribution in [0.2, 0.25) is 0 Å². The molecule has 8 heteroatoms. The number of anilines is 1. The van der Waals surface area contributed by atoms with Crippen LogP contribution < -0.4 is 5.32 Å². The molecule has 0 aliphatic carbocycles. The maximum absolute atomic E-state index is 12.5. The van der Waals surface area contributed by atoms with Gasteiger partial charge in [0.2, 0.25) is 5.82 Å². The van der Waals surface area contributed by atoms with Crippen LogP contribution in [0.5, 0.6) is 0 Å². The van der Waals surface area contributed by atoms with Crippen LogP contribution in [0.1, 0.15) is 30.8 Å². The average molecular weight is 317 g/mol. The summed E-state index contributed by atoms with van der Waals surface area (Å²) < 4.78 is 29.4. The molecule has 0 aliphatic heterocycles. The normalized spacial score (nSPS) is 12.3. The molecule has 1 N–H and O–H groups in total. The molecule has 6 nitrogen and oxygen atoms in total. The average Bonchev–Trinajstić information content (AvgIpc) is 3.06. The van der Waals surface area contributed by atoms with Crippen molar-refractivity contribution in [1.82, 2.24) is 20.1 Å². The van der Waals surface area contributed by atoms with E-state index in [9.17, 15) is 8.78 Å². The van der Waals surface area contributed by atoms with Crippen LogP contribution in [-0.2, 0) is 0 Å². The highest BCUT2D eigenvalue weighted by Gasteiger charge is 2.17. The Kier molecular flexibility index (Phi) is 4.22. The van der Waals surface area contributed by atoms with Gasteiger partial charge in [-0.3, -0.25) is 4.98 Å². The van der Waals surface area contributed by atoms with Crippen molar-refractivity contribution in [2.45, 2.75) is 19.4 Å². The van der Waals surface area contributed by atoms with E-state index in [-0.39, 0.29) is 11.9 Å². The fourth-order valence-corrected chi connectivity index (χ4v) is 2.04. The fourth-order valence-electron chi connectivity index (χ4n) is 2.04. The van der Waals surface area contributed by atoms with Crippen LogP contribution in [0.25, 0.3) is 11.4 Å². The Morgan fingerprint density at radius 1 is 1.13 bits per heavy atom. The van der Waals surface area contributed by atoms with E-state index in [2.05, 4.69) is 29.9 Å². The lowest BCUT2D eigenvalue weighted by molar-refractivity contribution is 0.106. The molecule has 0 saturated carbocycles. The van der Waals surface area contributed by atoms with E-state index in [1.54, 1.807) is 30.7 Å². The second-order valence-corrected chi connectivity index (χ2v) is 4.84. The van der Waals surface area contributed by atoms with Gasteiger partial charge in [-0.25, -0.2) is 4.98 Å². The van der Waals surface area contributed by atoms with Gasteiger partial charge in [-0.15, -0.1) is 0 Å². The van der Waals surface area contributed by atoms with Crippen LogP contribution in [0.3, 0.4) is 0 Å². The molecule has 0 unspecified atom stereocenters. The van der Waals surface area contributed by atoms with Gasteiger partial charge < -0.3 is 9.84 Å². The molecule has 118 valence electrons. The van der Waals surface area contributed by atoms with E-state index >= 15 is 0 Å². The van der Waals surface area contributed by atoms with Gasteiger partial charge in [-0.1, -0.05) is 29.4 Å². The van der Waals surface area contributed by atoms with Crippen LogP contribution in [0, 0.1) is 0 Å². The predicted molar refractivity (Wildman–Crippen MR) is 78.8 cm³/mol. The summed E-state index contributed by atoms with van der Waals surface area (Å²) >= 11 is 0. The zero-order valence-electron chi connectivity index (χ0n) is 12.1. The van der Waals surface area contributed by atoms with E-state index in [0.717, 1.165) is 5.56 Å². The third-order valence-corrected chi connectivity index (χ3v) is 3.22. The summed E-state index contributed by atoms with van der Waals surface area (Å²) in [5.74, 6) is 0.131. The van der Waals surface area contributed by atoms with Crippen molar-refractivity contribution in [2.24, 2.45) is 0 Å². The predicted octanol–water partition coefficient (Wildman–Crippen LogP) is 3.64. The van der Waals surface area contributed by atoms with Crippen LogP contribution >= 0.6 is 0 Å². The standard InChI is InChI=1S/C15H13F2N5O/c1-9(20-12-8-18-6-7-19-12)10-2-4-11(5-3-10)14-21-15(13(16)17)23-22-14/h2-9,13H,1H3,(H,19,20)/t9-/m1/s1. The molecule has 0 saturated heterocycles. The fraction of sp³-hybridized carbons (Fsp3) is 0.200. The van der Waals surface area contributed by atoms with Crippen molar-refractivity contribution in [1.29, 1.82) is 0 Å². The summed E-state index contributed by atoms with van der Waals surface area (Å²) in [5, 5.41) is 6.76. The van der Waals surface area contributed by atoms with Gasteiger partial charge in [0.1, 0.15) is 5.82 Å². The number of rotatable bonds is 5. The molecule has 0 radical (unpaired) electrons. The molecular weight excluding hydrogens is 304 g/mol. The van der Waals surface area contributed by atoms with Gasteiger partial charge >= 0.3 is 6.43 Å². The van der Waals surface area contributed by atoms with Gasteiger partial charge in [0.05, 0.1) is 6.20 Å². The number of benzene rings is 1. The highest BCUT2D eigenvalue weighted by atomic mass is 19.3. The van der Waals surface area contributed by atoms with Crippen LogP contribution in [-0.4, -0.2) is 20.1 Å². The second kappa shape index (κ2) is 6.47. The first-order valence-corrected chi connectivity index (χ1v) is 6.88. The monoisotopic (exact) mass is 317 g/mol. The molecule has 0 fully saturated rings. The first kappa shape index (κ1) is 15.0. The smallest absolute Gasteiger partial charge is 0.315 e. The van der Waals surface area contributed by atoms with Gasteiger partial charge in [-0.05, 0) is 12.5 Å². The lowest BCUT2D eigenvalue weighted by atomic mass is 10.1. The lowest BCUT2D eigenvalue weighted by Gasteiger charge is -2.14. The Hall–Kier alpha value is -2.90. The number of aromatic nitrogens is 4. The van der Waals surface area contributed by atoms with Crippen LogP contribution in [0.15, 0.2) is 47.4 Å². The number of alkyl halides is 2. The first-order chi connectivity index (χ1) is 11.1. The molecule has 23 heavy (non-hydrogen) atoms. The first-order valence-electron chi connectivity index (χ1n) is 6.88. The largest absolute Gasteiger partial charge is 0.362 e. The van der Waals surface area contributed by atoms with Crippen molar-refractivity contribution in [3.63, 3.8) is 0 Å². The summed E-state index contributed by atoms with van der Waals surface area (Å²) in [6.07, 6.45) is 2.07. The minimum atomic E-state index is -2.77. The third kappa shape index (κ3) is 3.47. The SMILES string of the molecule is C[C@@H](Nc1cnccn1)c1ccc(-c2noc(C(F)F)n2)cc1. The summed E-state index contributed by atoms with van der Waals surface area (Å²) in [5.41, 5.74) is 1.60. The molecule has 2 heterocycles. The van der Waals surface area contributed by atoms with Crippen molar-refractivity contribution in [2.75, 3.05) is 5.32 Å². The molecule has 0 amide bonds. The summed E-state index contributed by atoms with van der Waals surface area (Å²) in [6, 6.07) is 7.24. The minimum Gasteiger partial charge on any atom is -0.362 e. The molecule has 0 bridgehead atoms. The molecular formula is C15H13F2N5O. The van der Waals surface area contributed by atoms with Crippen LogP contribution in [0.4, 0.5) is 14.6 Å². The van der Waals surface area contributed by atoms with E-state index in [1.165, 1.54) is 0 Å². The molecule has 0 spiro atoms. The van der Waals surface area contributed by atoms with Crippen molar-refractivity contribution >= 4 is 5.82 Å². The van der Waals surface area contributed by atoms with E-state index < -0.39 is 12.3 Å². The molecule has 1 aromatic carbocycles. The highest BCUT2D eigenvalue weighted by molar-refractivity contribution is 5.55. The van der Waals surface area contributed by atoms with Gasteiger partial charge in [0.15, 0.2) is 0 Å². The Bertz CT molecular complexity index is 761. The Morgan fingerprint density at radius 3 is 2.52 bits per heavy atom. The second-order valence-electron chi connectivity index (χ2n) is 4.84. The van der Waals surface area contributed by atoms with Gasteiger partial charge in [0, 0.05) is 24.0 Å². The highest BCUT2D eigenvalue weighted by Crippen LogP contribution is 2.24. The zero-order valence-corrected chi connectivity index (χ0v) is 12.1. The minimum absolute atomic E-state index is 0.00245. The number of nitrogens with one attached hydrogen (secondary N) is 1. The molecule has 0 aliphatic rings. The van der Waals surface area contributed by atoms with E-state index in [0.29, 0.717) is 11.4 Å². The summed E-state index contributed by atoms with van der Waals surface area (Å²) in [7, 11) is 0. The van der Waals surface area contributed by atoms with Crippen molar-refractivity contribution in [3.05, 3.63) is 54.3 Å². The number of hydrogen-bond acceptors (Lipinski definition) is 6. The summed E-state index contributed by atoms with van der Waals surface area (Å²) in [6.45, 7) is 1.98. The summed E-state index contributed by atoms with van der Waals surface area (Å²) in [4.78, 5) is 11.8. The Morgan fingerprint density at radius 2 is 1.91 bits per heavy atom. The van der Waals surface area contributed by atoms with Gasteiger partial charge in [0.25, 0.3) is 5.89 Å². The van der Waals surface area contributed by atoms with E-state index in [1.807, 2.05) is 19.1 Å². The Labute approximate surface area is 130 Å². The number of halogens is 2. The molecule has 3 aromatic rings. The number of nitrogens with zero attached hydrogens (tertiary/aromatic N) is 4. The maximum atomic E-state index is 12.5. The molecule has 1 atom stereocenters. The van der Waals surface area contributed by atoms with Crippen molar-refractivity contribution in [3.8, 4) is 11.4 Å². The van der Waals surface area contributed by atoms with Gasteiger partial charge in [-0.2, -0.15) is 13.8 Å². The Balaban J connectivity index is 1.73. The number of hydrogen-bond donors (Lipinski definition) is 1. The molecule has 2 aromatic heterocycles. The van der Waals surface area contributed by atoms with E-state index in [4.69, 9.17) is 0 Å². The molecule has 3 rings (SSSR count). The lowest BCUT2D eigenvalue weighted by Crippen LogP contribution is -2.07. The maximum Gasteiger partial charge on any atom is 0.315 e.